The fourth-order valence-corrected chi connectivity index (χ4v) is 2.47. The fraction of sp³-hybridized carbons (Fsp3) is 0.235. The van der Waals surface area contributed by atoms with Gasteiger partial charge in [-0.2, -0.15) is 5.10 Å². The predicted molar refractivity (Wildman–Crippen MR) is 85.5 cm³/mol. The average Bonchev–Trinajstić information content (AvgIpc) is 3.28. The lowest BCUT2D eigenvalue weighted by atomic mass is 10.1. The summed E-state index contributed by atoms with van der Waals surface area (Å²) in [5.74, 6) is 0.242. The molecule has 1 saturated carbocycles. The smallest absolute Gasteiger partial charge is 0.123 e. The summed E-state index contributed by atoms with van der Waals surface area (Å²) in [7, 11) is 0. The maximum absolute atomic E-state index is 13.0. The van der Waals surface area contributed by atoms with Crippen LogP contribution < -0.4 is 5.43 Å². The molecule has 1 aliphatic rings. The van der Waals surface area contributed by atoms with Crippen LogP contribution in [-0.2, 0) is 0 Å². The van der Waals surface area contributed by atoms with Gasteiger partial charge in [0.25, 0.3) is 0 Å². The van der Waals surface area contributed by atoms with Crippen LogP contribution in [0.3, 0.4) is 0 Å². The SMILES string of the molecule is Cc1cc(Cl)ccc1N/N=C(\c1ccc(F)cc1)C1CC1. The molecular weight excluding hydrogens is 287 g/mol. The molecule has 0 amide bonds. The van der Waals surface area contributed by atoms with Crippen LogP contribution in [0.4, 0.5) is 10.1 Å². The molecule has 2 nitrogen and oxygen atoms in total. The van der Waals surface area contributed by atoms with Crippen molar-refractivity contribution in [2.75, 3.05) is 5.43 Å². The first-order valence-electron chi connectivity index (χ1n) is 6.99. The second-order valence-corrected chi connectivity index (χ2v) is 5.79. The largest absolute Gasteiger partial charge is 0.278 e. The molecule has 0 spiro atoms. The highest BCUT2D eigenvalue weighted by atomic mass is 35.5. The summed E-state index contributed by atoms with van der Waals surface area (Å²) < 4.78 is 13.0. The predicted octanol–water partition coefficient (Wildman–Crippen LogP) is 5.01. The minimum Gasteiger partial charge on any atom is -0.278 e. The van der Waals surface area contributed by atoms with Gasteiger partial charge in [-0.15, -0.1) is 0 Å². The molecule has 2 aromatic rings. The standard InChI is InChI=1S/C17H16ClFN2/c1-11-10-14(18)6-9-16(11)20-21-17(12-2-3-12)13-4-7-15(19)8-5-13/h4-10,12,20H,2-3H2,1H3/b21-17-. The van der Waals surface area contributed by atoms with Crippen LogP contribution in [0.1, 0.15) is 24.0 Å². The van der Waals surface area contributed by atoms with Gasteiger partial charge in [-0.25, -0.2) is 4.39 Å². The van der Waals surface area contributed by atoms with E-state index in [-0.39, 0.29) is 5.82 Å². The number of hydrogen-bond donors (Lipinski definition) is 1. The molecule has 0 unspecified atom stereocenters. The second-order valence-electron chi connectivity index (χ2n) is 5.35. The van der Waals surface area contributed by atoms with Crippen LogP contribution >= 0.6 is 11.6 Å². The monoisotopic (exact) mass is 302 g/mol. The Hall–Kier alpha value is -1.87. The van der Waals surface area contributed by atoms with Crippen molar-refractivity contribution in [2.24, 2.45) is 11.0 Å². The number of nitrogens with zero attached hydrogens (tertiary/aromatic N) is 1. The van der Waals surface area contributed by atoms with E-state index < -0.39 is 0 Å². The number of aryl methyl sites for hydroxylation is 1. The molecule has 1 N–H and O–H groups in total. The third-order valence-corrected chi connectivity index (χ3v) is 3.82. The Labute approximate surface area is 128 Å². The summed E-state index contributed by atoms with van der Waals surface area (Å²) in [5.41, 5.74) is 7.04. The lowest BCUT2D eigenvalue weighted by Crippen LogP contribution is -2.07. The van der Waals surface area contributed by atoms with Gasteiger partial charge in [0.15, 0.2) is 0 Å². The molecule has 0 radical (unpaired) electrons. The van der Waals surface area contributed by atoms with E-state index >= 15 is 0 Å². The molecule has 21 heavy (non-hydrogen) atoms. The Kier molecular flexibility index (Phi) is 3.93. The molecule has 3 rings (SSSR count). The third-order valence-electron chi connectivity index (χ3n) is 3.59. The molecule has 0 saturated heterocycles. The number of benzene rings is 2. The maximum Gasteiger partial charge on any atom is 0.123 e. The minimum atomic E-state index is -0.226. The number of nitrogens with one attached hydrogen (secondary N) is 1. The van der Waals surface area contributed by atoms with Crippen LogP contribution in [0.5, 0.6) is 0 Å². The normalized spacial score (nSPS) is 15.1. The summed E-state index contributed by atoms with van der Waals surface area (Å²) in [5, 5.41) is 5.26. The Balaban J connectivity index is 1.85. The van der Waals surface area contributed by atoms with Gasteiger partial charge in [0.05, 0.1) is 11.4 Å². The van der Waals surface area contributed by atoms with E-state index in [0.29, 0.717) is 10.9 Å². The molecule has 0 aliphatic heterocycles. The summed E-state index contributed by atoms with van der Waals surface area (Å²) in [6.07, 6.45) is 2.27. The third kappa shape index (κ3) is 3.42. The van der Waals surface area contributed by atoms with Crippen LogP contribution in [0, 0.1) is 18.7 Å². The first kappa shape index (κ1) is 14.1. The zero-order valence-corrected chi connectivity index (χ0v) is 12.5. The molecule has 1 fully saturated rings. The minimum absolute atomic E-state index is 0.226. The Bertz CT molecular complexity index is 676. The van der Waals surface area contributed by atoms with Crippen molar-refractivity contribution in [1.82, 2.24) is 0 Å². The Morgan fingerprint density at radius 3 is 2.52 bits per heavy atom. The first-order valence-corrected chi connectivity index (χ1v) is 7.37. The number of anilines is 1. The van der Waals surface area contributed by atoms with Crippen LogP contribution in [-0.4, -0.2) is 5.71 Å². The molecule has 108 valence electrons. The van der Waals surface area contributed by atoms with E-state index in [2.05, 4.69) is 10.5 Å². The van der Waals surface area contributed by atoms with Crippen LogP contribution in [0.2, 0.25) is 5.02 Å². The van der Waals surface area contributed by atoms with Crippen molar-refractivity contribution in [3.63, 3.8) is 0 Å². The van der Waals surface area contributed by atoms with Crippen molar-refractivity contribution in [1.29, 1.82) is 0 Å². The molecular formula is C17H16ClFN2. The zero-order valence-electron chi connectivity index (χ0n) is 11.7. The highest BCUT2D eigenvalue weighted by molar-refractivity contribution is 6.30. The lowest BCUT2D eigenvalue weighted by Gasteiger charge is -2.09. The summed E-state index contributed by atoms with van der Waals surface area (Å²) in [6.45, 7) is 1.98. The fourth-order valence-electron chi connectivity index (χ4n) is 2.24. The van der Waals surface area contributed by atoms with Gasteiger partial charge < -0.3 is 0 Å². The van der Waals surface area contributed by atoms with Crippen molar-refractivity contribution in [3.8, 4) is 0 Å². The van der Waals surface area contributed by atoms with Gasteiger partial charge in [0, 0.05) is 10.9 Å². The van der Waals surface area contributed by atoms with Crippen molar-refractivity contribution in [2.45, 2.75) is 19.8 Å². The van der Waals surface area contributed by atoms with Gasteiger partial charge in [-0.1, -0.05) is 23.7 Å². The van der Waals surface area contributed by atoms with Gasteiger partial charge in [0.1, 0.15) is 5.82 Å². The molecule has 2 aromatic carbocycles. The quantitative estimate of drug-likeness (QED) is 0.623. The van der Waals surface area contributed by atoms with E-state index in [9.17, 15) is 4.39 Å². The van der Waals surface area contributed by atoms with Crippen LogP contribution in [0.25, 0.3) is 0 Å². The molecule has 0 atom stereocenters. The van der Waals surface area contributed by atoms with E-state index in [1.165, 1.54) is 12.1 Å². The van der Waals surface area contributed by atoms with Gasteiger partial charge in [-0.05, 0) is 61.2 Å². The first-order chi connectivity index (χ1) is 10.1. The Morgan fingerprint density at radius 1 is 1.19 bits per heavy atom. The number of halogens is 2. The van der Waals surface area contributed by atoms with Gasteiger partial charge in [-0.3, -0.25) is 5.43 Å². The van der Waals surface area contributed by atoms with Crippen molar-refractivity contribution >= 4 is 23.0 Å². The molecule has 0 heterocycles. The van der Waals surface area contributed by atoms with Crippen molar-refractivity contribution in [3.05, 3.63) is 64.4 Å². The molecule has 4 heteroatoms. The lowest BCUT2D eigenvalue weighted by molar-refractivity contribution is 0.627. The van der Waals surface area contributed by atoms with Gasteiger partial charge in [0.2, 0.25) is 0 Å². The molecule has 0 aromatic heterocycles. The van der Waals surface area contributed by atoms with E-state index in [1.807, 2.05) is 25.1 Å². The number of hydrogen-bond acceptors (Lipinski definition) is 2. The number of hydrazone groups is 1. The molecule has 0 bridgehead atoms. The highest BCUT2D eigenvalue weighted by Crippen LogP contribution is 2.33. The van der Waals surface area contributed by atoms with E-state index in [0.717, 1.165) is 35.4 Å². The highest BCUT2D eigenvalue weighted by Gasteiger charge is 2.28. The van der Waals surface area contributed by atoms with Crippen molar-refractivity contribution < 1.29 is 4.39 Å². The Morgan fingerprint density at radius 2 is 1.90 bits per heavy atom. The topological polar surface area (TPSA) is 24.4 Å². The zero-order chi connectivity index (χ0) is 14.8. The second kappa shape index (κ2) is 5.86. The number of rotatable bonds is 4. The van der Waals surface area contributed by atoms with E-state index in [4.69, 9.17) is 11.6 Å². The molecule has 1 aliphatic carbocycles. The maximum atomic E-state index is 13.0. The summed E-state index contributed by atoms with van der Waals surface area (Å²) in [4.78, 5) is 0. The van der Waals surface area contributed by atoms with Crippen LogP contribution in [0.15, 0.2) is 47.6 Å². The summed E-state index contributed by atoms with van der Waals surface area (Å²) >= 11 is 5.95. The van der Waals surface area contributed by atoms with Gasteiger partial charge >= 0.3 is 0 Å². The van der Waals surface area contributed by atoms with E-state index in [1.54, 1.807) is 12.1 Å². The average molecular weight is 303 g/mol. The summed E-state index contributed by atoms with van der Waals surface area (Å²) in [6, 6.07) is 12.2.